The maximum Gasteiger partial charge on any atom is 0.306 e. The Kier molecular flexibility index (Phi) is 9.65. The molecule has 0 aromatic rings. The van der Waals surface area contributed by atoms with E-state index < -0.39 is 5.97 Å². The van der Waals surface area contributed by atoms with E-state index in [4.69, 9.17) is 5.11 Å². The van der Waals surface area contributed by atoms with E-state index in [2.05, 4.69) is 6.92 Å². The Morgan fingerprint density at radius 2 is 1.47 bits per heavy atom. The minimum atomic E-state index is -0.655. The van der Waals surface area contributed by atoms with Crippen molar-refractivity contribution in [2.75, 3.05) is 0 Å². The highest BCUT2D eigenvalue weighted by Gasteiger charge is 2.09. The predicted octanol–water partition coefficient (Wildman–Crippen LogP) is 4.24. The number of carboxylic acids is 1. The normalized spacial score (nSPS) is 12.7. The van der Waals surface area contributed by atoms with Crippen LogP contribution in [0, 0.1) is 5.92 Å². The van der Waals surface area contributed by atoms with Crippen LogP contribution in [0.1, 0.15) is 71.6 Å². The van der Waals surface area contributed by atoms with Gasteiger partial charge in [0.15, 0.2) is 0 Å². The van der Waals surface area contributed by atoms with Crippen molar-refractivity contribution in [3.63, 3.8) is 0 Å². The molecule has 0 unspecified atom stereocenters. The summed E-state index contributed by atoms with van der Waals surface area (Å²) >= 11 is 0. The SMILES string of the molecule is CCCCCCCCCC[C@@H](C)C(=O)O. The molecule has 0 radical (unpaired) electrons. The predicted molar refractivity (Wildman–Crippen MR) is 64.0 cm³/mol. The monoisotopic (exact) mass is 214 g/mol. The van der Waals surface area contributed by atoms with Gasteiger partial charge in [-0.05, 0) is 6.42 Å². The van der Waals surface area contributed by atoms with E-state index in [0.717, 1.165) is 12.8 Å². The zero-order chi connectivity index (χ0) is 11.5. The molecular weight excluding hydrogens is 188 g/mol. The molecule has 0 saturated heterocycles. The van der Waals surface area contributed by atoms with Gasteiger partial charge in [-0.2, -0.15) is 0 Å². The van der Waals surface area contributed by atoms with Gasteiger partial charge in [-0.15, -0.1) is 0 Å². The first kappa shape index (κ1) is 14.5. The molecular formula is C13H26O2. The lowest BCUT2D eigenvalue weighted by Gasteiger charge is -2.05. The number of carboxylic acid groups (broad SMARTS) is 1. The van der Waals surface area contributed by atoms with E-state index in [9.17, 15) is 4.79 Å². The average Bonchev–Trinajstić information content (AvgIpc) is 2.21. The van der Waals surface area contributed by atoms with Crippen LogP contribution in [0.15, 0.2) is 0 Å². The first-order chi connectivity index (χ1) is 7.18. The molecule has 90 valence electrons. The summed E-state index contributed by atoms with van der Waals surface area (Å²) in [5.74, 6) is -0.817. The van der Waals surface area contributed by atoms with Gasteiger partial charge in [0.25, 0.3) is 0 Å². The Labute approximate surface area is 94.1 Å². The molecule has 0 fully saturated rings. The molecule has 0 aliphatic rings. The molecule has 0 aromatic heterocycles. The molecule has 0 bridgehead atoms. The van der Waals surface area contributed by atoms with Gasteiger partial charge >= 0.3 is 5.97 Å². The van der Waals surface area contributed by atoms with E-state index in [1.54, 1.807) is 6.92 Å². The number of hydrogen-bond donors (Lipinski definition) is 1. The maximum absolute atomic E-state index is 10.5. The van der Waals surface area contributed by atoms with Crippen molar-refractivity contribution in [3.05, 3.63) is 0 Å². The Morgan fingerprint density at radius 3 is 1.93 bits per heavy atom. The second-order valence-corrected chi connectivity index (χ2v) is 4.50. The van der Waals surface area contributed by atoms with Gasteiger partial charge in [-0.1, -0.05) is 65.2 Å². The number of carbonyl (C=O) groups is 1. The summed E-state index contributed by atoms with van der Waals surface area (Å²) in [5, 5.41) is 8.68. The van der Waals surface area contributed by atoms with Gasteiger partial charge < -0.3 is 5.11 Å². The standard InChI is InChI=1S/C13H26O2/c1-3-4-5-6-7-8-9-10-11-12(2)13(14)15/h12H,3-11H2,1-2H3,(H,14,15)/t12-/m1/s1. The molecule has 2 nitrogen and oxygen atoms in total. The summed E-state index contributed by atoms with van der Waals surface area (Å²) in [4.78, 5) is 10.5. The topological polar surface area (TPSA) is 37.3 Å². The third kappa shape index (κ3) is 9.77. The van der Waals surface area contributed by atoms with E-state index >= 15 is 0 Å². The lowest BCUT2D eigenvalue weighted by molar-refractivity contribution is -0.141. The second kappa shape index (κ2) is 10.0. The molecule has 1 N–H and O–H groups in total. The fourth-order valence-electron chi connectivity index (χ4n) is 1.71. The molecule has 0 aliphatic heterocycles. The van der Waals surface area contributed by atoms with Crippen molar-refractivity contribution in [3.8, 4) is 0 Å². The average molecular weight is 214 g/mol. The number of rotatable bonds is 10. The summed E-state index contributed by atoms with van der Waals surface area (Å²) in [6.07, 6.45) is 11.1. The van der Waals surface area contributed by atoms with Crippen LogP contribution in [0.5, 0.6) is 0 Å². The van der Waals surface area contributed by atoms with Crippen LogP contribution in [0.25, 0.3) is 0 Å². The third-order valence-electron chi connectivity index (χ3n) is 2.91. The largest absolute Gasteiger partial charge is 0.481 e. The summed E-state index contributed by atoms with van der Waals surface area (Å²) in [5.41, 5.74) is 0. The molecule has 0 heterocycles. The van der Waals surface area contributed by atoms with Crippen molar-refractivity contribution in [2.45, 2.75) is 71.6 Å². The van der Waals surface area contributed by atoms with Gasteiger partial charge in [0.2, 0.25) is 0 Å². The van der Waals surface area contributed by atoms with E-state index in [1.807, 2.05) is 0 Å². The van der Waals surface area contributed by atoms with Crippen LogP contribution < -0.4 is 0 Å². The molecule has 2 heteroatoms. The van der Waals surface area contributed by atoms with Gasteiger partial charge in [0.05, 0.1) is 5.92 Å². The Bertz CT molecular complexity index is 155. The van der Waals surface area contributed by atoms with E-state index in [-0.39, 0.29) is 5.92 Å². The van der Waals surface area contributed by atoms with Crippen LogP contribution in [0.3, 0.4) is 0 Å². The summed E-state index contributed by atoms with van der Waals surface area (Å²) in [6.45, 7) is 4.02. The molecule has 1 atom stereocenters. The first-order valence-electron chi connectivity index (χ1n) is 6.41. The van der Waals surface area contributed by atoms with Crippen molar-refractivity contribution in [1.29, 1.82) is 0 Å². The molecule has 0 saturated carbocycles. The molecule has 0 spiro atoms. The fourth-order valence-corrected chi connectivity index (χ4v) is 1.71. The molecule has 15 heavy (non-hydrogen) atoms. The zero-order valence-corrected chi connectivity index (χ0v) is 10.3. The summed E-state index contributed by atoms with van der Waals surface area (Å²) in [7, 11) is 0. The highest BCUT2D eigenvalue weighted by molar-refractivity contribution is 5.69. The van der Waals surface area contributed by atoms with Crippen molar-refractivity contribution in [1.82, 2.24) is 0 Å². The highest BCUT2D eigenvalue weighted by atomic mass is 16.4. The third-order valence-corrected chi connectivity index (χ3v) is 2.91. The van der Waals surface area contributed by atoms with Crippen LogP contribution >= 0.6 is 0 Å². The minimum absolute atomic E-state index is 0.162. The Hall–Kier alpha value is -0.530. The van der Waals surface area contributed by atoms with Gasteiger partial charge in [0.1, 0.15) is 0 Å². The Morgan fingerprint density at radius 1 is 1.00 bits per heavy atom. The van der Waals surface area contributed by atoms with E-state index in [1.165, 1.54) is 44.9 Å². The second-order valence-electron chi connectivity index (χ2n) is 4.50. The minimum Gasteiger partial charge on any atom is -0.481 e. The molecule has 0 amide bonds. The van der Waals surface area contributed by atoms with Gasteiger partial charge in [0, 0.05) is 0 Å². The zero-order valence-electron chi connectivity index (χ0n) is 10.3. The lowest BCUT2D eigenvalue weighted by atomic mass is 10.0. The number of hydrogen-bond acceptors (Lipinski definition) is 1. The van der Waals surface area contributed by atoms with Crippen molar-refractivity contribution in [2.24, 2.45) is 5.92 Å². The fraction of sp³-hybridized carbons (Fsp3) is 0.923. The van der Waals surface area contributed by atoms with Gasteiger partial charge in [-0.25, -0.2) is 0 Å². The van der Waals surface area contributed by atoms with Crippen LogP contribution in [-0.2, 0) is 4.79 Å². The maximum atomic E-state index is 10.5. The van der Waals surface area contributed by atoms with Crippen LogP contribution in [0.2, 0.25) is 0 Å². The van der Waals surface area contributed by atoms with Crippen LogP contribution in [0.4, 0.5) is 0 Å². The smallest absolute Gasteiger partial charge is 0.306 e. The summed E-state index contributed by atoms with van der Waals surface area (Å²) < 4.78 is 0. The molecule has 0 aromatic carbocycles. The summed E-state index contributed by atoms with van der Waals surface area (Å²) in [6, 6.07) is 0. The first-order valence-corrected chi connectivity index (χ1v) is 6.41. The van der Waals surface area contributed by atoms with Crippen molar-refractivity contribution >= 4 is 5.97 Å². The number of aliphatic carboxylic acids is 1. The lowest BCUT2D eigenvalue weighted by Crippen LogP contribution is -2.08. The van der Waals surface area contributed by atoms with E-state index in [0.29, 0.717) is 0 Å². The van der Waals surface area contributed by atoms with Crippen LogP contribution in [-0.4, -0.2) is 11.1 Å². The Balaban J connectivity index is 3.08. The van der Waals surface area contributed by atoms with Gasteiger partial charge in [-0.3, -0.25) is 4.79 Å². The number of unbranched alkanes of at least 4 members (excludes halogenated alkanes) is 7. The quantitative estimate of drug-likeness (QED) is 0.552. The highest BCUT2D eigenvalue weighted by Crippen LogP contribution is 2.12. The van der Waals surface area contributed by atoms with Crippen molar-refractivity contribution < 1.29 is 9.90 Å². The molecule has 0 aliphatic carbocycles. The molecule has 0 rings (SSSR count).